The van der Waals surface area contributed by atoms with E-state index in [1.165, 1.54) is 111 Å². The molecule has 436 valence electrons. The summed E-state index contributed by atoms with van der Waals surface area (Å²) < 4.78 is 13.5. The number of para-hydroxylation sites is 2. The predicted molar refractivity (Wildman–Crippen MR) is 375 cm³/mol. The van der Waals surface area contributed by atoms with Gasteiger partial charge in [-0.05, 0) is 186 Å². The number of nitrogens with two attached hydrogens (primary N) is 1. The molecule has 0 unspecified atom stereocenters. The van der Waals surface area contributed by atoms with Gasteiger partial charge >= 0.3 is 0 Å². The summed E-state index contributed by atoms with van der Waals surface area (Å²) in [6.45, 7) is 18.4. The summed E-state index contributed by atoms with van der Waals surface area (Å²) in [5.74, 6) is 3.80. The van der Waals surface area contributed by atoms with Crippen LogP contribution in [0.2, 0.25) is 0 Å². The molecule has 0 radical (unpaired) electrons. The first-order chi connectivity index (χ1) is 42.9. The predicted octanol–water partition coefficient (Wildman–Crippen LogP) is 23.3. The second kappa shape index (κ2) is 22.2. The van der Waals surface area contributed by atoms with Gasteiger partial charge in [-0.2, -0.15) is 0 Å². The Morgan fingerprint density at radius 2 is 0.551 bits per heavy atom. The first-order valence-electron chi connectivity index (χ1n) is 30.8. The standard InChI is InChI=1S/C42H35NO.C21H17BrO.C21H19N/c1-41(2)35-10-6-5-9-33(35)34-23-17-29(25-37(34)41)27-13-19-31(20-14-27)43-32-21-15-28(16-22-32)30-18-24-40-38(26-30)42(3,4)36-11-7-8-12-39(36)44-40;1-21(2)17-5-3-4-6-19(17)23-20-12-9-15(13-18(20)21)14-7-10-16(22)11-8-14;1-21(2)19-6-4-3-5-17(19)18-12-9-15(13-20(18)21)14-7-10-16(22)11-8-14/h5-26,43H,1-4H3;3-13H,1-2H3;3-13H,22H2,1-2H3. The van der Waals surface area contributed by atoms with Gasteiger partial charge in [0.1, 0.15) is 23.0 Å². The zero-order valence-electron chi connectivity index (χ0n) is 51.7. The SMILES string of the molecule is CC1(C)c2ccccc2-c2ccc(-c3ccc(N)cc3)cc21.CC1(C)c2ccccc2Oc2ccc(-c3ccc(Br)cc3)cc21.CC1(C)c2ccccc2Oc2ccc(-c3ccc(Nc4ccc(-c5ccc6c(c5)C(C)(C)c5ccccc5-6)cc4)cc3)cc21. The monoisotopic (exact) mass is 1220 g/mol. The maximum absolute atomic E-state index is 6.26. The molecule has 2 aliphatic heterocycles. The van der Waals surface area contributed by atoms with Crippen LogP contribution in [0.5, 0.6) is 23.0 Å². The zero-order valence-corrected chi connectivity index (χ0v) is 53.3. The number of benzene rings is 12. The van der Waals surface area contributed by atoms with Crippen LogP contribution in [0.1, 0.15) is 99.9 Å². The maximum Gasteiger partial charge on any atom is 0.131 e. The number of rotatable bonds is 6. The lowest BCUT2D eigenvalue weighted by atomic mass is 9.75. The van der Waals surface area contributed by atoms with Crippen molar-refractivity contribution in [2.24, 2.45) is 0 Å². The zero-order chi connectivity index (χ0) is 61.4. The highest BCUT2D eigenvalue weighted by molar-refractivity contribution is 9.10. The van der Waals surface area contributed by atoms with E-state index in [0.717, 1.165) is 44.5 Å². The van der Waals surface area contributed by atoms with Gasteiger partial charge in [0.2, 0.25) is 0 Å². The molecule has 0 spiro atoms. The van der Waals surface area contributed by atoms with E-state index in [1.54, 1.807) is 0 Å². The molecule has 0 aromatic heterocycles. The molecule has 89 heavy (non-hydrogen) atoms. The normalized spacial score (nSPS) is 14.7. The lowest BCUT2D eigenvalue weighted by molar-refractivity contribution is 0.418. The molecule has 0 bridgehead atoms. The van der Waals surface area contributed by atoms with E-state index in [-0.39, 0.29) is 21.7 Å². The largest absolute Gasteiger partial charge is 0.457 e. The third kappa shape index (κ3) is 10.3. The van der Waals surface area contributed by atoms with Crippen molar-refractivity contribution in [1.82, 2.24) is 0 Å². The summed E-state index contributed by atoms with van der Waals surface area (Å²) in [6, 6.07) is 94.9. The minimum atomic E-state index is -0.130. The third-order valence-corrected chi connectivity index (χ3v) is 19.7. The van der Waals surface area contributed by atoms with Gasteiger partial charge in [-0.15, -0.1) is 0 Å². The minimum Gasteiger partial charge on any atom is -0.457 e. The molecule has 0 saturated heterocycles. The Bertz CT molecular complexity index is 4690. The summed E-state index contributed by atoms with van der Waals surface area (Å²) in [5.41, 5.74) is 34.3. The topological polar surface area (TPSA) is 56.5 Å². The van der Waals surface area contributed by atoms with Gasteiger partial charge in [0.25, 0.3) is 0 Å². The van der Waals surface area contributed by atoms with Crippen LogP contribution >= 0.6 is 15.9 Å². The molecule has 4 aliphatic rings. The minimum absolute atomic E-state index is 0.00407. The highest BCUT2D eigenvalue weighted by Crippen LogP contribution is 2.53. The van der Waals surface area contributed by atoms with E-state index >= 15 is 0 Å². The van der Waals surface area contributed by atoms with Gasteiger partial charge in [0.05, 0.1) is 0 Å². The van der Waals surface area contributed by atoms with Crippen LogP contribution in [0.3, 0.4) is 0 Å². The lowest BCUT2D eigenvalue weighted by Gasteiger charge is -2.34. The van der Waals surface area contributed by atoms with Crippen LogP contribution in [0.15, 0.2) is 271 Å². The molecule has 4 nitrogen and oxygen atoms in total. The first kappa shape index (κ1) is 57.1. The van der Waals surface area contributed by atoms with Gasteiger partial charge in [-0.1, -0.05) is 241 Å². The highest BCUT2D eigenvalue weighted by atomic mass is 79.9. The average Bonchev–Trinajstić information content (AvgIpc) is 1.85. The summed E-state index contributed by atoms with van der Waals surface area (Å²) in [4.78, 5) is 0. The van der Waals surface area contributed by atoms with Crippen molar-refractivity contribution in [3.05, 3.63) is 316 Å². The molecule has 5 heteroatoms. The van der Waals surface area contributed by atoms with Gasteiger partial charge < -0.3 is 20.5 Å². The quantitative estimate of drug-likeness (QED) is 0.163. The fourth-order valence-electron chi connectivity index (χ4n) is 14.0. The molecule has 12 aromatic rings. The van der Waals surface area contributed by atoms with E-state index in [0.29, 0.717) is 0 Å². The fourth-order valence-corrected chi connectivity index (χ4v) is 14.3. The maximum atomic E-state index is 6.26. The van der Waals surface area contributed by atoms with Crippen LogP contribution in [0.4, 0.5) is 17.1 Å². The Morgan fingerprint density at radius 3 is 0.955 bits per heavy atom. The Hall–Kier alpha value is -9.68. The number of hydrogen-bond donors (Lipinski definition) is 2. The van der Waals surface area contributed by atoms with E-state index in [1.807, 2.05) is 30.3 Å². The number of halogens is 1. The molecular formula is C84H71BrN2O2. The molecule has 2 aliphatic carbocycles. The number of nitrogen functional groups attached to an aromatic ring is 1. The number of fused-ring (bicyclic) bond motifs is 10. The van der Waals surface area contributed by atoms with Crippen molar-refractivity contribution in [2.45, 2.75) is 77.0 Å². The summed E-state index contributed by atoms with van der Waals surface area (Å²) in [6.07, 6.45) is 0. The molecule has 0 fully saturated rings. The van der Waals surface area contributed by atoms with Crippen LogP contribution < -0.4 is 20.5 Å². The average molecular weight is 1220 g/mol. The number of hydrogen-bond acceptors (Lipinski definition) is 4. The second-order valence-electron chi connectivity index (χ2n) is 26.1. The Labute approximate surface area is 532 Å². The van der Waals surface area contributed by atoms with Crippen molar-refractivity contribution >= 4 is 33.0 Å². The molecule has 0 atom stereocenters. The summed E-state index contributed by atoms with van der Waals surface area (Å²) in [5, 5.41) is 3.58. The number of anilines is 3. The van der Waals surface area contributed by atoms with Crippen molar-refractivity contribution in [3.63, 3.8) is 0 Å². The van der Waals surface area contributed by atoms with Crippen LogP contribution in [0, 0.1) is 0 Å². The Balaban J connectivity index is 0.000000129. The number of nitrogens with one attached hydrogen (secondary N) is 1. The van der Waals surface area contributed by atoms with Gasteiger partial charge in [0.15, 0.2) is 0 Å². The first-order valence-corrected chi connectivity index (χ1v) is 31.6. The van der Waals surface area contributed by atoms with E-state index < -0.39 is 0 Å². The van der Waals surface area contributed by atoms with Crippen molar-refractivity contribution < 1.29 is 9.47 Å². The van der Waals surface area contributed by atoms with Crippen molar-refractivity contribution in [1.29, 1.82) is 0 Å². The van der Waals surface area contributed by atoms with E-state index in [4.69, 9.17) is 15.2 Å². The Kier molecular flexibility index (Phi) is 14.2. The van der Waals surface area contributed by atoms with Crippen molar-refractivity contribution in [3.8, 4) is 89.8 Å². The third-order valence-electron chi connectivity index (χ3n) is 19.2. The summed E-state index contributed by atoms with van der Waals surface area (Å²) in [7, 11) is 0. The van der Waals surface area contributed by atoms with Gasteiger partial charge in [-0.25, -0.2) is 0 Å². The molecule has 3 N–H and O–H groups in total. The summed E-state index contributed by atoms with van der Waals surface area (Å²) >= 11 is 3.49. The second-order valence-corrected chi connectivity index (χ2v) is 27.1. The number of ether oxygens (including phenoxy) is 2. The smallest absolute Gasteiger partial charge is 0.131 e. The molecular weight excluding hydrogens is 1150 g/mol. The van der Waals surface area contributed by atoms with Crippen LogP contribution in [-0.4, -0.2) is 0 Å². The fraction of sp³-hybridized carbons (Fsp3) is 0.143. The van der Waals surface area contributed by atoms with E-state index in [9.17, 15) is 0 Å². The molecule has 16 rings (SSSR count). The highest BCUT2D eigenvalue weighted by Gasteiger charge is 2.38. The van der Waals surface area contributed by atoms with Crippen LogP contribution in [0.25, 0.3) is 66.8 Å². The van der Waals surface area contributed by atoms with Gasteiger partial charge in [-0.3, -0.25) is 0 Å². The van der Waals surface area contributed by atoms with Crippen LogP contribution in [-0.2, 0) is 21.7 Å². The molecule has 12 aromatic carbocycles. The Morgan fingerprint density at radius 1 is 0.270 bits per heavy atom. The molecule has 0 amide bonds. The van der Waals surface area contributed by atoms with Crippen molar-refractivity contribution in [2.75, 3.05) is 11.1 Å². The van der Waals surface area contributed by atoms with Gasteiger partial charge in [0, 0.05) is 65.4 Å². The lowest BCUT2D eigenvalue weighted by Crippen LogP contribution is -2.24. The molecule has 2 heterocycles. The van der Waals surface area contributed by atoms with E-state index in [2.05, 4.69) is 313 Å². The molecule has 0 saturated carbocycles.